The number of anilines is 1. The van der Waals surface area contributed by atoms with Crippen molar-refractivity contribution in [2.75, 3.05) is 32.1 Å². The summed E-state index contributed by atoms with van der Waals surface area (Å²) in [7, 11) is 4.00. The molecule has 1 amide bonds. The molecule has 28 heavy (non-hydrogen) atoms. The molecule has 6 nitrogen and oxygen atoms in total. The van der Waals surface area contributed by atoms with Crippen LogP contribution in [0, 0.1) is 12.7 Å². The van der Waals surface area contributed by atoms with Gasteiger partial charge < -0.3 is 4.90 Å². The first kappa shape index (κ1) is 20.4. The number of benzene rings is 1. The van der Waals surface area contributed by atoms with Crippen LogP contribution in [-0.2, 0) is 0 Å². The van der Waals surface area contributed by atoms with Gasteiger partial charge in [0.2, 0.25) is 0 Å². The molecule has 150 valence electrons. The normalized spacial score (nSPS) is 11.7. The Morgan fingerprint density at radius 1 is 1.25 bits per heavy atom. The molecular formula is C20H26FN5OS. The smallest absolute Gasteiger partial charge is 0.280 e. The summed E-state index contributed by atoms with van der Waals surface area (Å²) in [4.78, 5) is 21.6. The maximum Gasteiger partial charge on any atom is 0.280 e. The third kappa shape index (κ3) is 4.39. The highest BCUT2D eigenvalue weighted by Gasteiger charge is 2.24. The third-order valence-electron chi connectivity index (χ3n) is 4.43. The van der Waals surface area contributed by atoms with Gasteiger partial charge in [0.25, 0.3) is 5.91 Å². The molecule has 3 rings (SSSR count). The molecule has 0 bridgehead atoms. The molecular weight excluding hydrogens is 377 g/mol. The lowest BCUT2D eigenvalue weighted by molar-refractivity contribution is 0.0980. The highest BCUT2D eigenvalue weighted by atomic mass is 32.1. The fraction of sp³-hybridized carbons (Fsp3) is 0.450. The second-order valence-corrected chi connectivity index (χ2v) is 8.44. The zero-order valence-electron chi connectivity index (χ0n) is 16.9. The molecule has 0 fully saturated rings. The molecule has 1 aromatic carbocycles. The van der Waals surface area contributed by atoms with Crippen LogP contribution in [0.5, 0.6) is 0 Å². The van der Waals surface area contributed by atoms with Crippen LogP contribution in [0.1, 0.15) is 42.5 Å². The lowest BCUT2D eigenvalue weighted by Gasteiger charge is -2.20. The summed E-state index contributed by atoms with van der Waals surface area (Å²) < 4.78 is 16.1. The number of carbonyl (C=O) groups is 1. The topological polar surface area (TPSA) is 54.3 Å². The minimum Gasteiger partial charge on any atom is -0.309 e. The number of rotatable bonds is 7. The number of hydrogen-bond donors (Lipinski definition) is 0. The molecule has 0 aliphatic heterocycles. The SMILES string of the molecule is Cc1cc(C(=O)N(CCCN(C)C)c2nc3ccc(F)cc3s2)nn1C(C)C. The van der Waals surface area contributed by atoms with Crippen LogP contribution in [0.4, 0.5) is 9.52 Å². The van der Waals surface area contributed by atoms with E-state index in [4.69, 9.17) is 0 Å². The van der Waals surface area contributed by atoms with Gasteiger partial charge in [0.05, 0.1) is 10.2 Å². The maximum absolute atomic E-state index is 13.6. The molecule has 0 radical (unpaired) electrons. The first-order valence-corrected chi connectivity index (χ1v) is 10.2. The Kier molecular flexibility index (Phi) is 6.10. The minimum atomic E-state index is -0.306. The van der Waals surface area contributed by atoms with Crippen LogP contribution in [-0.4, -0.2) is 52.8 Å². The van der Waals surface area contributed by atoms with Gasteiger partial charge in [-0.3, -0.25) is 14.4 Å². The molecule has 0 saturated carbocycles. The van der Waals surface area contributed by atoms with E-state index in [9.17, 15) is 9.18 Å². The van der Waals surface area contributed by atoms with Gasteiger partial charge in [0, 0.05) is 18.3 Å². The Bertz CT molecular complexity index is 978. The molecule has 3 aromatic rings. The maximum atomic E-state index is 13.6. The number of aromatic nitrogens is 3. The predicted molar refractivity (Wildman–Crippen MR) is 112 cm³/mol. The molecule has 0 aliphatic carbocycles. The van der Waals surface area contributed by atoms with E-state index < -0.39 is 0 Å². The lowest BCUT2D eigenvalue weighted by Crippen LogP contribution is -2.33. The Labute approximate surface area is 168 Å². The Morgan fingerprint density at radius 3 is 2.64 bits per heavy atom. The zero-order valence-corrected chi connectivity index (χ0v) is 17.8. The highest BCUT2D eigenvalue weighted by Crippen LogP contribution is 2.30. The van der Waals surface area contributed by atoms with Gasteiger partial charge in [0.15, 0.2) is 10.8 Å². The highest BCUT2D eigenvalue weighted by molar-refractivity contribution is 7.22. The molecule has 0 spiro atoms. The van der Waals surface area contributed by atoms with E-state index in [2.05, 4.69) is 15.0 Å². The van der Waals surface area contributed by atoms with Gasteiger partial charge in [-0.15, -0.1) is 0 Å². The van der Waals surface area contributed by atoms with Crippen LogP contribution in [0.3, 0.4) is 0 Å². The molecule has 2 aromatic heterocycles. The van der Waals surface area contributed by atoms with E-state index in [0.717, 1.165) is 23.4 Å². The number of hydrogen-bond acceptors (Lipinski definition) is 5. The van der Waals surface area contributed by atoms with Gasteiger partial charge in [-0.05, 0) is 72.1 Å². The van der Waals surface area contributed by atoms with E-state index in [1.54, 1.807) is 11.0 Å². The first-order valence-electron chi connectivity index (χ1n) is 9.35. The van der Waals surface area contributed by atoms with Crippen molar-refractivity contribution < 1.29 is 9.18 Å². The number of aryl methyl sites for hydroxylation is 1. The Morgan fingerprint density at radius 2 is 2.00 bits per heavy atom. The fourth-order valence-corrected chi connectivity index (χ4v) is 4.10. The average molecular weight is 404 g/mol. The molecule has 0 N–H and O–H groups in total. The fourth-order valence-electron chi connectivity index (χ4n) is 3.08. The number of fused-ring (bicyclic) bond motifs is 1. The van der Waals surface area contributed by atoms with Crippen LogP contribution < -0.4 is 4.90 Å². The summed E-state index contributed by atoms with van der Waals surface area (Å²) in [5, 5.41) is 5.07. The average Bonchev–Trinajstić information content (AvgIpc) is 3.21. The number of nitrogens with zero attached hydrogens (tertiary/aromatic N) is 5. The predicted octanol–water partition coefficient (Wildman–Crippen LogP) is 4.12. The van der Waals surface area contributed by atoms with Crippen molar-refractivity contribution in [3.63, 3.8) is 0 Å². The van der Waals surface area contributed by atoms with Crippen LogP contribution in [0.25, 0.3) is 10.2 Å². The van der Waals surface area contributed by atoms with Crippen molar-refractivity contribution in [1.29, 1.82) is 0 Å². The second kappa shape index (κ2) is 8.36. The number of halogens is 1. The Hall–Kier alpha value is -2.32. The van der Waals surface area contributed by atoms with Crippen molar-refractivity contribution in [2.45, 2.75) is 33.2 Å². The summed E-state index contributed by atoms with van der Waals surface area (Å²) in [6, 6.07) is 6.47. The summed E-state index contributed by atoms with van der Waals surface area (Å²) in [6.45, 7) is 7.38. The summed E-state index contributed by atoms with van der Waals surface area (Å²) in [5.74, 6) is -0.486. The monoisotopic (exact) mass is 403 g/mol. The summed E-state index contributed by atoms with van der Waals surface area (Å²) >= 11 is 1.32. The van der Waals surface area contributed by atoms with Crippen molar-refractivity contribution in [3.05, 3.63) is 41.5 Å². The van der Waals surface area contributed by atoms with Gasteiger partial charge in [-0.1, -0.05) is 11.3 Å². The van der Waals surface area contributed by atoms with Crippen LogP contribution >= 0.6 is 11.3 Å². The number of thiazole rings is 1. The number of amides is 1. The summed E-state index contributed by atoms with van der Waals surface area (Å²) in [5.41, 5.74) is 2.04. The van der Waals surface area contributed by atoms with Crippen molar-refractivity contribution in [3.8, 4) is 0 Å². The second-order valence-electron chi connectivity index (χ2n) is 7.43. The van der Waals surface area contributed by atoms with Gasteiger partial charge >= 0.3 is 0 Å². The Balaban J connectivity index is 1.95. The van der Waals surface area contributed by atoms with Crippen LogP contribution in [0.2, 0.25) is 0 Å². The van der Waals surface area contributed by atoms with E-state index in [-0.39, 0.29) is 17.8 Å². The molecule has 8 heteroatoms. The molecule has 0 saturated heterocycles. The third-order valence-corrected chi connectivity index (χ3v) is 5.47. The van der Waals surface area contributed by atoms with E-state index in [1.165, 1.54) is 23.5 Å². The number of carbonyl (C=O) groups excluding carboxylic acids is 1. The molecule has 0 atom stereocenters. The summed E-state index contributed by atoms with van der Waals surface area (Å²) in [6.07, 6.45) is 0.799. The quantitative estimate of drug-likeness (QED) is 0.595. The van der Waals surface area contributed by atoms with Crippen molar-refractivity contribution in [2.24, 2.45) is 0 Å². The largest absolute Gasteiger partial charge is 0.309 e. The molecule has 0 aliphatic rings. The lowest BCUT2D eigenvalue weighted by atomic mass is 10.3. The van der Waals surface area contributed by atoms with E-state index in [0.29, 0.717) is 22.9 Å². The zero-order chi connectivity index (χ0) is 20.4. The standard InChI is InChI=1S/C20H26FN5OS/c1-13(2)26-14(3)11-17(23-26)19(27)25(10-6-9-24(4)5)20-22-16-8-7-15(21)12-18(16)28-20/h7-8,11-13H,6,9-10H2,1-5H3. The molecule has 0 unspecified atom stereocenters. The molecule has 2 heterocycles. The van der Waals surface area contributed by atoms with E-state index in [1.807, 2.05) is 45.6 Å². The van der Waals surface area contributed by atoms with Gasteiger partial charge in [0.1, 0.15) is 5.82 Å². The first-order chi connectivity index (χ1) is 13.3. The van der Waals surface area contributed by atoms with Gasteiger partial charge in [-0.25, -0.2) is 9.37 Å². The van der Waals surface area contributed by atoms with Crippen molar-refractivity contribution in [1.82, 2.24) is 19.7 Å². The van der Waals surface area contributed by atoms with E-state index >= 15 is 0 Å². The van der Waals surface area contributed by atoms with Crippen molar-refractivity contribution >= 4 is 32.6 Å². The van der Waals surface area contributed by atoms with Crippen LogP contribution in [0.15, 0.2) is 24.3 Å². The minimum absolute atomic E-state index is 0.175. The van der Waals surface area contributed by atoms with Gasteiger partial charge in [-0.2, -0.15) is 5.10 Å².